The van der Waals surface area contributed by atoms with Gasteiger partial charge in [-0.2, -0.15) is 0 Å². The monoisotopic (exact) mass is 444 g/mol. The molecule has 1 amide bonds. The van der Waals surface area contributed by atoms with E-state index in [1.54, 1.807) is 30.3 Å². The van der Waals surface area contributed by atoms with Gasteiger partial charge in [0.05, 0.1) is 24.8 Å². The van der Waals surface area contributed by atoms with E-state index < -0.39 is 5.63 Å². The average Bonchev–Trinajstić information content (AvgIpc) is 2.79. The Morgan fingerprint density at radius 1 is 1.00 bits per heavy atom. The Balaban J connectivity index is 1.56. The number of anilines is 1. The largest absolute Gasteiger partial charge is 0.495 e. The lowest BCUT2D eigenvalue weighted by atomic mass is 10.0. The molecule has 0 saturated heterocycles. The highest BCUT2D eigenvalue weighted by atomic mass is 32.1. The van der Waals surface area contributed by atoms with Crippen molar-refractivity contribution in [2.45, 2.75) is 6.42 Å². The van der Waals surface area contributed by atoms with Crippen molar-refractivity contribution in [2.75, 3.05) is 12.4 Å². The van der Waals surface area contributed by atoms with Crippen molar-refractivity contribution in [1.29, 1.82) is 0 Å². The first-order chi connectivity index (χ1) is 15.5. The van der Waals surface area contributed by atoms with Gasteiger partial charge in [-0.05, 0) is 47.6 Å². The Bertz CT molecular complexity index is 1350. The number of benzene rings is 3. The normalized spacial score (nSPS) is 10.5. The SMILES string of the molecule is COc1ccc(-c2cc3ccccc3oc2=O)cc1NC(=S)NC(=O)Cc1ccccc1. The van der Waals surface area contributed by atoms with E-state index in [0.29, 0.717) is 28.1 Å². The Morgan fingerprint density at radius 3 is 2.53 bits per heavy atom. The summed E-state index contributed by atoms with van der Waals surface area (Å²) >= 11 is 5.31. The van der Waals surface area contributed by atoms with Crippen molar-refractivity contribution in [3.05, 3.63) is 94.8 Å². The molecular formula is C25H20N2O4S. The first-order valence-electron chi connectivity index (χ1n) is 9.89. The third kappa shape index (κ3) is 4.84. The summed E-state index contributed by atoms with van der Waals surface area (Å²) in [6, 6.07) is 23.7. The van der Waals surface area contributed by atoms with Crippen molar-refractivity contribution in [1.82, 2.24) is 5.32 Å². The molecule has 0 aliphatic carbocycles. The van der Waals surface area contributed by atoms with Gasteiger partial charge >= 0.3 is 5.63 Å². The number of para-hydroxylation sites is 1. The number of hydrogen-bond donors (Lipinski definition) is 2. The van der Waals surface area contributed by atoms with Gasteiger partial charge in [0.2, 0.25) is 5.91 Å². The number of thiocarbonyl (C=S) groups is 1. The lowest BCUT2D eigenvalue weighted by molar-refractivity contribution is -0.119. The minimum absolute atomic E-state index is 0.131. The van der Waals surface area contributed by atoms with Gasteiger partial charge in [0.15, 0.2) is 5.11 Å². The van der Waals surface area contributed by atoms with Gasteiger partial charge in [-0.1, -0.05) is 54.6 Å². The number of methoxy groups -OCH3 is 1. The number of nitrogens with one attached hydrogen (secondary N) is 2. The summed E-state index contributed by atoms with van der Waals surface area (Å²) in [5.41, 5.74) is 2.52. The third-order valence-electron chi connectivity index (χ3n) is 4.86. The van der Waals surface area contributed by atoms with Gasteiger partial charge in [-0.25, -0.2) is 4.79 Å². The van der Waals surface area contributed by atoms with Crippen LogP contribution in [0.25, 0.3) is 22.1 Å². The van der Waals surface area contributed by atoms with E-state index in [4.69, 9.17) is 21.4 Å². The highest BCUT2D eigenvalue weighted by molar-refractivity contribution is 7.80. The van der Waals surface area contributed by atoms with E-state index in [-0.39, 0.29) is 17.4 Å². The van der Waals surface area contributed by atoms with Crippen molar-refractivity contribution >= 4 is 39.9 Å². The maximum absolute atomic E-state index is 12.5. The highest BCUT2D eigenvalue weighted by Gasteiger charge is 2.13. The van der Waals surface area contributed by atoms with Crippen molar-refractivity contribution in [3.8, 4) is 16.9 Å². The fourth-order valence-electron chi connectivity index (χ4n) is 3.34. The van der Waals surface area contributed by atoms with E-state index in [1.165, 1.54) is 7.11 Å². The summed E-state index contributed by atoms with van der Waals surface area (Å²) in [6.45, 7) is 0. The molecule has 0 fully saturated rings. The van der Waals surface area contributed by atoms with Crippen LogP contribution < -0.4 is 21.0 Å². The second-order valence-electron chi connectivity index (χ2n) is 7.07. The molecule has 160 valence electrons. The molecule has 1 heterocycles. The van der Waals surface area contributed by atoms with Crippen LogP contribution in [0.3, 0.4) is 0 Å². The zero-order valence-corrected chi connectivity index (χ0v) is 18.1. The fourth-order valence-corrected chi connectivity index (χ4v) is 3.57. The van der Waals surface area contributed by atoms with Gasteiger partial charge in [-0.3, -0.25) is 4.79 Å². The average molecular weight is 445 g/mol. The number of carbonyl (C=O) groups is 1. The molecular weight excluding hydrogens is 424 g/mol. The maximum atomic E-state index is 12.5. The van der Waals surface area contributed by atoms with E-state index >= 15 is 0 Å². The fraction of sp³-hybridized carbons (Fsp3) is 0.0800. The molecule has 0 saturated carbocycles. The standard InChI is InChI=1S/C25H20N2O4S/c1-30-22-12-11-17(19-14-18-9-5-6-10-21(18)31-24(19)29)15-20(22)26-25(32)27-23(28)13-16-7-3-2-4-8-16/h2-12,14-15H,13H2,1H3,(H2,26,27,28,32). The summed E-state index contributed by atoms with van der Waals surface area (Å²) in [6.07, 6.45) is 0.206. The van der Waals surface area contributed by atoms with Crippen LogP contribution in [0.5, 0.6) is 5.75 Å². The molecule has 4 aromatic rings. The van der Waals surface area contributed by atoms with E-state index in [2.05, 4.69) is 10.6 Å². The Labute approximate surface area is 189 Å². The van der Waals surface area contributed by atoms with Crippen LogP contribution in [-0.4, -0.2) is 18.1 Å². The molecule has 1 aromatic heterocycles. The van der Waals surface area contributed by atoms with Gasteiger partial charge in [0.1, 0.15) is 11.3 Å². The summed E-state index contributed by atoms with van der Waals surface area (Å²) in [5.74, 6) is 0.276. The summed E-state index contributed by atoms with van der Waals surface area (Å²) in [7, 11) is 1.53. The third-order valence-corrected chi connectivity index (χ3v) is 5.06. The zero-order valence-electron chi connectivity index (χ0n) is 17.3. The van der Waals surface area contributed by atoms with Crippen molar-refractivity contribution < 1.29 is 13.9 Å². The number of fused-ring (bicyclic) bond motifs is 1. The van der Waals surface area contributed by atoms with Gasteiger partial charge in [0, 0.05) is 5.39 Å². The predicted octanol–water partition coefficient (Wildman–Crippen LogP) is 4.52. The van der Waals surface area contributed by atoms with Crippen LogP contribution in [0.1, 0.15) is 5.56 Å². The van der Waals surface area contributed by atoms with E-state index in [0.717, 1.165) is 10.9 Å². The Morgan fingerprint density at radius 2 is 1.75 bits per heavy atom. The van der Waals surface area contributed by atoms with E-state index in [1.807, 2.05) is 48.5 Å². The second kappa shape index (κ2) is 9.45. The number of hydrogen-bond acceptors (Lipinski definition) is 5. The summed E-state index contributed by atoms with van der Waals surface area (Å²) in [5, 5.41) is 6.60. The Hall–Kier alpha value is -3.97. The van der Waals surface area contributed by atoms with Crippen LogP contribution in [0.2, 0.25) is 0 Å². The molecule has 0 aliphatic heterocycles. The minimum Gasteiger partial charge on any atom is -0.495 e. The molecule has 7 heteroatoms. The van der Waals surface area contributed by atoms with Crippen LogP contribution in [-0.2, 0) is 11.2 Å². The lowest BCUT2D eigenvalue weighted by Gasteiger charge is -2.14. The Kier molecular flexibility index (Phi) is 6.28. The number of rotatable bonds is 5. The lowest BCUT2D eigenvalue weighted by Crippen LogP contribution is -2.35. The van der Waals surface area contributed by atoms with Crippen molar-refractivity contribution in [3.63, 3.8) is 0 Å². The zero-order chi connectivity index (χ0) is 22.5. The topological polar surface area (TPSA) is 80.6 Å². The van der Waals surface area contributed by atoms with Gasteiger partial charge in [-0.15, -0.1) is 0 Å². The molecule has 0 radical (unpaired) electrons. The predicted molar refractivity (Wildman–Crippen MR) is 129 cm³/mol. The summed E-state index contributed by atoms with van der Waals surface area (Å²) < 4.78 is 10.8. The molecule has 0 atom stereocenters. The highest BCUT2D eigenvalue weighted by Crippen LogP contribution is 2.30. The molecule has 4 rings (SSSR count). The molecule has 0 spiro atoms. The molecule has 0 aliphatic rings. The number of ether oxygens (including phenoxy) is 1. The van der Waals surface area contributed by atoms with Crippen LogP contribution >= 0.6 is 12.2 Å². The smallest absolute Gasteiger partial charge is 0.344 e. The molecule has 0 unspecified atom stereocenters. The first kappa shape index (κ1) is 21.3. The first-order valence-corrected chi connectivity index (χ1v) is 10.3. The van der Waals surface area contributed by atoms with Gasteiger partial charge in [0.25, 0.3) is 0 Å². The quantitative estimate of drug-likeness (QED) is 0.348. The number of amides is 1. The second-order valence-corrected chi connectivity index (χ2v) is 7.47. The summed E-state index contributed by atoms with van der Waals surface area (Å²) in [4.78, 5) is 24.8. The van der Waals surface area contributed by atoms with Crippen molar-refractivity contribution in [2.24, 2.45) is 0 Å². The molecule has 6 nitrogen and oxygen atoms in total. The minimum atomic E-state index is -0.446. The van der Waals surface area contributed by atoms with Crippen LogP contribution in [0.4, 0.5) is 5.69 Å². The molecule has 0 bridgehead atoms. The maximum Gasteiger partial charge on any atom is 0.344 e. The van der Waals surface area contributed by atoms with Crippen LogP contribution in [0.15, 0.2) is 88.1 Å². The molecule has 32 heavy (non-hydrogen) atoms. The molecule has 2 N–H and O–H groups in total. The van der Waals surface area contributed by atoms with Gasteiger partial charge < -0.3 is 19.8 Å². The molecule has 3 aromatic carbocycles. The van der Waals surface area contributed by atoms with E-state index in [9.17, 15) is 9.59 Å². The van der Waals surface area contributed by atoms with Crippen LogP contribution in [0, 0.1) is 0 Å². The number of carbonyl (C=O) groups excluding carboxylic acids is 1.